The van der Waals surface area contributed by atoms with E-state index in [1.54, 1.807) is 0 Å². The minimum Gasteiger partial charge on any atom is -0.387 e. The van der Waals surface area contributed by atoms with Crippen molar-refractivity contribution in [1.29, 1.82) is 5.41 Å². The van der Waals surface area contributed by atoms with E-state index in [1.165, 1.54) is 51.7 Å². The maximum Gasteiger partial charge on any atom is 0.0963 e. The summed E-state index contributed by atoms with van der Waals surface area (Å²) >= 11 is 0. The van der Waals surface area contributed by atoms with Gasteiger partial charge in [-0.3, -0.25) is 5.41 Å². The van der Waals surface area contributed by atoms with Gasteiger partial charge < -0.3 is 10.6 Å². The summed E-state index contributed by atoms with van der Waals surface area (Å²) in [6.07, 6.45) is 7.58. The van der Waals surface area contributed by atoms with Crippen LogP contribution in [0.25, 0.3) is 0 Å². The third kappa shape index (κ3) is 4.97. The molecular weight excluding hydrogens is 222 g/mol. The smallest absolute Gasteiger partial charge is 0.0963 e. The van der Waals surface area contributed by atoms with Crippen LogP contribution in [-0.2, 0) is 0 Å². The van der Waals surface area contributed by atoms with Gasteiger partial charge in [-0.1, -0.05) is 33.6 Å². The molecule has 1 atom stereocenters. The first-order valence-corrected chi connectivity index (χ1v) is 7.52. The second-order valence-corrected chi connectivity index (χ2v) is 6.50. The summed E-state index contributed by atoms with van der Waals surface area (Å²) in [7, 11) is 0. The SMILES string of the molecule is CCCC1CCN(CCCCC(C)(C)C(=N)N)C1. The first kappa shape index (κ1) is 15.5. The first-order valence-electron chi connectivity index (χ1n) is 7.52. The second-order valence-electron chi connectivity index (χ2n) is 6.50. The zero-order chi connectivity index (χ0) is 13.6. The Labute approximate surface area is 113 Å². The number of nitrogens with two attached hydrogens (primary N) is 1. The molecule has 0 amide bonds. The van der Waals surface area contributed by atoms with E-state index in [2.05, 4.69) is 25.7 Å². The molecule has 106 valence electrons. The van der Waals surface area contributed by atoms with Gasteiger partial charge in [0.15, 0.2) is 0 Å². The van der Waals surface area contributed by atoms with Crippen molar-refractivity contribution in [2.45, 2.75) is 59.3 Å². The highest BCUT2D eigenvalue weighted by Gasteiger charge is 2.23. The summed E-state index contributed by atoms with van der Waals surface area (Å²) < 4.78 is 0. The third-order valence-corrected chi connectivity index (χ3v) is 4.32. The average Bonchev–Trinajstić information content (AvgIpc) is 2.73. The van der Waals surface area contributed by atoms with Crippen molar-refractivity contribution in [3.63, 3.8) is 0 Å². The lowest BCUT2D eigenvalue weighted by atomic mass is 9.86. The van der Waals surface area contributed by atoms with Crippen molar-refractivity contribution < 1.29 is 0 Å². The van der Waals surface area contributed by atoms with Crippen molar-refractivity contribution in [1.82, 2.24) is 4.90 Å². The van der Waals surface area contributed by atoms with Crippen LogP contribution in [0.1, 0.15) is 59.3 Å². The van der Waals surface area contributed by atoms with Gasteiger partial charge in [0.2, 0.25) is 0 Å². The number of hydrogen-bond acceptors (Lipinski definition) is 2. The Balaban J connectivity index is 2.11. The lowest BCUT2D eigenvalue weighted by Gasteiger charge is -2.23. The molecule has 3 nitrogen and oxygen atoms in total. The van der Waals surface area contributed by atoms with Crippen LogP contribution in [0.15, 0.2) is 0 Å². The van der Waals surface area contributed by atoms with Crippen molar-refractivity contribution in [2.75, 3.05) is 19.6 Å². The van der Waals surface area contributed by atoms with E-state index in [-0.39, 0.29) is 5.41 Å². The Hall–Kier alpha value is -0.570. The molecule has 0 aliphatic carbocycles. The van der Waals surface area contributed by atoms with Gasteiger partial charge in [0.1, 0.15) is 0 Å². The third-order valence-electron chi connectivity index (χ3n) is 4.32. The molecule has 1 unspecified atom stereocenters. The highest BCUT2D eigenvalue weighted by molar-refractivity contribution is 5.82. The predicted octanol–water partition coefficient (Wildman–Crippen LogP) is 3.24. The monoisotopic (exact) mass is 253 g/mol. The number of rotatable bonds is 8. The molecule has 3 heteroatoms. The summed E-state index contributed by atoms with van der Waals surface area (Å²) in [6.45, 7) is 10.3. The summed E-state index contributed by atoms with van der Waals surface area (Å²) in [5, 5.41) is 7.54. The maximum atomic E-state index is 7.54. The van der Waals surface area contributed by atoms with Gasteiger partial charge in [0.05, 0.1) is 5.84 Å². The fraction of sp³-hybridized carbons (Fsp3) is 0.933. The summed E-state index contributed by atoms with van der Waals surface area (Å²) in [4.78, 5) is 2.61. The molecule has 0 spiro atoms. The van der Waals surface area contributed by atoms with Crippen LogP contribution in [0.5, 0.6) is 0 Å². The van der Waals surface area contributed by atoms with E-state index in [9.17, 15) is 0 Å². The van der Waals surface area contributed by atoms with Crippen LogP contribution in [0.2, 0.25) is 0 Å². The molecule has 0 saturated carbocycles. The van der Waals surface area contributed by atoms with Gasteiger partial charge in [0, 0.05) is 12.0 Å². The van der Waals surface area contributed by atoms with Crippen LogP contribution in [0.3, 0.4) is 0 Å². The molecule has 1 heterocycles. The van der Waals surface area contributed by atoms with Gasteiger partial charge >= 0.3 is 0 Å². The van der Waals surface area contributed by atoms with Crippen molar-refractivity contribution in [3.8, 4) is 0 Å². The lowest BCUT2D eigenvalue weighted by molar-refractivity contribution is 0.304. The lowest BCUT2D eigenvalue weighted by Crippen LogP contribution is -2.31. The fourth-order valence-electron chi connectivity index (χ4n) is 2.80. The van der Waals surface area contributed by atoms with E-state index in [1.807, 2.05) is 0 Å². The molecule has 1 aliphatic heterocycles. The number of nitrogens with zero attached hydrogens (tertiary/aromatic N) is 1. The van der Waals surface area contributed by atoms with Crippen molar-refractivity contribution in [2.24, 2.45) is 17.1 Å². The fourth-order valence-corrected chi connectivity index (χ4v) is 2.80. The van der Waals surface area contributed by atoms with Crippen molar-refractivity contribution >= 4 is 5.84 Å². The van der Waals surface area contributed by atoms with E-state index in [0.717, 1.165) is 12.3 Å². The minimum atomic E-state index is -0.115. The highest BCUT2D eigenvalue weighted by Crippen LogP contribution is 2.24. The molecular formula is C15H31N3. The van der Waals surface area contributed by atoms with Gasteiger partial charge in [-0.2, -0.15) is 0 Å². The van der Waals surface area contributed by atoms with Crippen LogP contribution >= 0.6 is 0 Å². The topological polar surface area (TPSA) is 53.1 Å². The number of unbranched alkanes of at least 4 members (excludes halogenated alkanes) is 1. The molecule has 1 saturated heterocycles. The Bertz CT molecular complexity index is 260. The van der Waals surface area contributed by atoms with Gasteiger partial charge in [-0.25, -0.2) is 0 Å². The number of likely N-dealkylation sites (tertiary alicyclic amines) is 1. The summed E-state index contributed by atoms with van der Waals surface area (Å²) in [5.41, 5.74) is 5.48. The van der Waals surface area contributed by atoms with E-state index >= 15 is 0 Å². The molecule has 0 bridgehead atoms. The Morgan fingerprint density at radius 1 is 1.39 bits per heavy atom. The molecule has 1 fully saturated rings. The minimum absolute atomic E-state index is 0.115. The highest BCUT2D eigenvalue weighted by atomic mass is 15.1. The standard InChI is InChI=1S/C15H31N3/c1-4-7-13-8-11-18(12-13)10-6-5-9-15(2,3)14(16)17/h13H,4-12H2,1-3H3,(H3,16,17). The van der Waals surface area contributed by atoms with E-state index in [0.29, 0.717) is 5.84 Å². The Kier molecular flexibility index (Phi) is 6.13. The van der Waals surface area contributed by atoms with Crippen LogP contribution in [-0.4, -0.2) is 30.4 Å². The van der Waals surface area contributed by atoms with Crippen molar-refractivity contribution in [3.05, 3.63) is 0 Å². The van der Waals surface area contributed by atoms with Crippen LogP contribution in [0, 0.1) is 16.7 Å². The number of amidine groups is 1. The van der Waals surface area contributed by atoms with Crippen LogP contribution in [0.4, 0.5) is 0 Å². The molecule has 18 heavy (non-hydrogen) atoms. The molecule has 0 radical (unpaired) electrons. The zero-order valence-corrected chi connectivity index (χ0v) is 12.5. The molecule has 1 aliphatic rings. The van der Waals surface area contributed by atoms with Gasteiger partial charge in [-0.15, -0.1) is 0 Å². The second kappa shape index (κ2) is 7.13. The van der Waals surface area contributed by atoms with E-state index < -0.39 is 0 Å². The number of nitrogens with one attached hydrogen (secondary N) is 1. The predicted molar refractivity (Wildman–Crippen MR) is 79.0 cm³/mol. The van der Waals surface area contributed by atoms with Gasteiger partial charge in [-0.05, 0) is 44.7 Å². The number of hydrogen-bond donors (Lipinski definition) is 2. The quantitative estimate of drug-likeness (QED) is 0.396. The average molecular weight is 253 g/mol. The first-order chi connectivity index (χ1) is 8.45. The molecule has 0 aromatic heterocycles. The molecule has 0 aromatic carbocycles. The molecule has 1 rings (SSSR count). The van der Waals surface area contributed by atoms with Gasteiger partial charge in [0.25, 0.3) is 0 Å². The largest absolute Gasteiger partial charge is 0.387 e. The summed E-state index contributed by atoms with van der Waals surface area (Å²) in [5.74, 6) is 1.27. The Morgan fingerprint density at radius 3 is 2.72 bits per heavy atom. The normalized spacial score (nSPS) is 21.4. The zero-order valence-electron chi connectivity index (χ0n) is 12.5. The summed E-state index contributed by atoms with van der Waals surface area (Å²) in [6, 6.07) is 0. The Morgan fingerprint density at radius 2 is 2.11 bits per heavy atom. The van der Waals surface area contributed by atoms with Crippen LogP contribution < -0.4 is 5.73 Å². The van der Waals surface area contributed by atoms with E-state index in [4.69, 9.17) is 11.1 Å². The maximum absolute atomic E-state index is 7.54. The molecule has 0 aromatic rings. The molecule has 3 N–H and O–H groups in total.